The molecule has 1 amide bonds. The molecule has 6 nitrogen and oxygen atoms in total. The summed E-state index contributed by atoms with van der Waals surface area (Å²) in [5, 5.41) is 3.04. The molecule has 1 N–H and O–H groups in total. The Morgan fingerprint density at radius 2 is 1.97 bits per heavy atom. The number of rotatable bonds is 7. The zero-order chi connectivity index (χ0) is 19.6. The van der Waals surface area contributed by atoms with Gasteiger partial charge in [-0.3, -0.25) is 4.79 Å². The third-order valence-corrected chi connectivity index (χ3v) is 5.52. The topological polar surface area (TPSA) is 64.9 Å². The van der Waals surface area contributed by atoms with Crippen molar-refractivity contribution in [1.82, 2.24) is 14.7 Å². The van der Waals surface area contributed by atoms with Gasteiger partial charge in [0.25, 0.3) is 5.91 Å². The summed E-state index contributed by atoms with van der Waals surface area (Å²) < 4.78 is 13.3. The molecule has 150 valence electrons. The van der Waals surface area contributed by atoms with E-state index in [-0.39, 0.29) is 5.91 Å². The molecule has 0 unspecified atom stereocenters. The van der Waals surface area contributed by atoms with E-state index in [0.29, 0.717) is 31.4 Å². The van der Waals surface area contributed by atoms with E-state index in [1.807, 2.05) is 30.5 Å². The Labute approximate surface area is 169 Å². The number of carbonyl (C=O) groups excluding carboxylic acids is 1. The highest BCUT2D eigenvalue weighted by molar-refractivity contribution is 5.99. The van der Waals surface area contributed by atoms with Crippen LogP contribution in [0.5, 0.6) is 11.5 Å². The molecule has 1 fully saturated rings. The van der Waals surface area contributed by atoms with Crippen LogP contribution in [0, 0.1) is 0 Å². The number of aromatic nitrogens is 2. The number of unbranched alkanes of at least 4 members (excludes halogenated alkanes) is 1. The predicted molar refractivity (Wildman–Crippen MR) is 110 cm³/mol. The van der Waals surface area contributed by atoms with Crippen molar-refractivity contribution in [1.29, 1.82) is 0 Å². The van der Waals surface area contributed by atoms with Crippen LogP contribution in [0.4, 0.5) is 0 Å². The summed E-state index contributed by atoms with van der Waals surface area (Å²) in [6.45, 7) is 1.86. The number of benzene rings is 1. The fraction of sp³-hybridized carbons (Fsp3) is 0.391. The molecular weight excluding hydrogens is 366 g/mol. The van der Waals surface area contributed by atoms with Crippen LogP contribution in [0.3, 0.4) is 0 Å². The highest BCUT2D eigenvalue weighted by Crippen LogP contribution is 2.40. The number of aryl methyl sites for hydroxylation is 1. The maximum absolute atomic E-state index is 12.7. The van der Waals surface area contributed by atoms with E-state index in [1.54, 1.807) is 0 Å². The summed E-state index contributed by atoms with van der Waals surface area (Å²) >= 11 is 0. The normalized spacial score (nSPS) is 15.4. The predicted octanol–water partition coefficient (Wildman–Crippen LogP) is 3.74. The van der Waals surface area contributed by atoms with Gasteiger partial charge in [-0.1, -0.05) is 12.1 Å². The van der Waals surface area contributed by atoms with E-state index in [0.717, 1.165) is 54.9 Å². The highest BCUT2D eigenvalue weighted by Gasteiger charge is 2.30. The average molecular weight is 391 g/mol. The lowest BCUT2D eigenvalue weighted by atomic mass is 10.1. The first kappa shape index (κ1) is 18.0. The molecule has 3 heterocycles. The second-order valence-corrected chi connectivity index (χ2v) is 7.74. The highest BCUT2D eigenvalue weighted by atomic mass is 16.6. The Balaban J connectivity index is 1.15. The molecule has 2 aromatic heterocycles. The van der Waals surface area contributed by atoms with Crippen molar-refractivity contribution in [3.8, 4) is 11.5 Å². The molecule has 5 rings (SSSR count). The maximum Gasteiger partial charge on any atom is 0.272 e. The number of carbonyl (C=O) groups is 1. The van der Waals surface area contributed by atoms with Gasteiger partial charge in [-0.05, 0) is 61.9 Å². The van der Waals surface area contributed by atoms with Gasteiger partial charge in [0.2, 0.25) is 0 Å². The van der Waals surface area contributed by atoms with Crippen molar-refractivity contribution in [3.63, 3.8) is 0 Å². The van der Waals surface area contributed by atoms with Gasteiger partial charge in [0.15, 0.2) is 17.2 Å². The number of amides is 1. The second-order valence-electron chi connectivity index (χ2n) is 7.74. The van der Waals surface area contributed by atoms with Crippen molar-refractivity contribution in [2.45, 2.75) is 38.0 Å². The Kier molecular flexibility index (Phi) is 4.84. The van der Waals surface area contributed by atoms with Crippen molar-refractivity contribution in [2.24, 2.45) is 0 Å². The van der Waals surface area contributed by atoms with Crippen molar-refractivity contribution in [2.75, 3.05) is 19.8 Å². The van der Waals surface area contributed by atoms with Gasteiger partial charge >= 0.3 is 0 Å². The quantitative estimate of drug-likeness (QED) is 0.623. The van der Waals surface area contributed by atoms with E-state index in [4.69, 9.17) is 9.47 Å². The molecule has 0 radical (unpaired) electrons. The summed E-state index contributed by atoms with van der Waals surface area (Å²) in [6, 6.07) is 12.0. The fourth-order valence-electron chi connectivity index (χ4n) is 3.84. The smallest absolute Gasteiger partial charge is 0.272 e. The van der Waals surface area contributed by atoms with Crippen LogP contribution in [-0.2, 0) is 6.42 Å². The standard InChI is InChI=1S/C23H25N3O3/c27-23(21-18-6-2-4-12-26(18)22(25-21)17-8-9-17)24-11-3-1-5-16-7-10-19-20(15-16)29-14-13-28-19/h2,4,6-7,10,12,15,17H,1,3,5,8-9,11,13-14H2,(H,24,27). The minimum Gasteiger partial charge on any atom is -0.486 e. The van der Waals surface area contributed by atoms with Crippen molar-refractivity contribution in [3.05, 3.63) is 59.7 Å². The number of ether oxygens (including phenoxy) is 2. The number of nitrogens with one attached hydrogen (secondary N) is 1. The van der Waals surface area contributed by atoms with Crippen LogP contribution < -0.4 is 14.8 Å². The molecule has 1 saturated carbocycles. The zero-order valence-corrected chi connectivity index (χ0v) is 16.4. The van der Waals surface area contributed by atoms with Gasteiger partial charge in [0, 0.05) is 18.7 Å². The molecule has 1 aliphatic carbocycles. The molecule has 29 heavy (non-hydrogen) atoms. The monoisotopic (exact) mass is 391 g/mol. The Bertz CT molecular complexity index is 1040. The second kappa shape index (κ2) is 7.78. The van der Waals surface area contributed by atoms with Crippen LogP contribution in [-0.4, -0.2) is 35.1 Å². The van der Waals surface area contributed by atoms with Crippen molar-refractivity contribution >= 4 is 11.4 Å². The lowest BCUT2D eigenvalue weighted by molar-refractivity contribution is 0.0950. The van der Waals surface area contributed by atoms with Crippen LogP contribution in [0.1, 0.15) is 53.5 Å². The van der Waals surface area contributed by atoms with E-state index >= 15 is 0 Å². The third kappa shape index (κ3) is 3.79. The molecule has 3 aromatic rings. The molecule has 0 spiro atoms. The minimum atomic E-state index is -0.0834. The summed E-state index contributed by atoms with van der Waals surface area (Å²) in [7, 11) is 0. The molecule has 1 aliphatic heterocycles. The summed E-state index contributed by atoms with van der Waals surface area (Å²) in [5.74, 6) is 3.09. The number of pyridine rings is 1. The lowest BCUT2D eigenvalue weighted by Crippen LogP contribution is -2.25. The van der Waals surface area contributed by atoms with E-state index in [1.165, 1.54) is 5.56 Å². The molecular formula is C23H25N3O3. The van der Waals surface area contributed by atoms with Gasteiger partial charge in [-0.15, -0.1) is 0 Å². The first-order valence-electron chi connectivity index (χ1n) is 10.4. The van der Waals surface area contributed by atoms with E-state index < -0.39 is 0 Å². The lowest BCUT2D eigenvalue weighted by Gasteiger charge is -2.18. The van der Waals surface area contributed by atoms with Gasteiger partial charge in [-0.2, -0.15) is 0 Å². The summed E-state index contributed by atoms with van der Waals surface area (Å²) in [4.78, 5) is 17.4. The third-order valence-electron chi connectivity index (χ3n) is 5.52. The van der Waals surface area contributed by atoms with E-state index in [2.05, 4.69) is 26.8 Å². The maximum atomic E-state index is 12.7. The van der Waals surface area contributed by atoms with Gasteiger partial charge in [-0.25, -0.2) is 4.98 Å². The largest absolute Gasteiger partial charge is 0.486 e. The zero-order valence-electron chi connectivity index (χ0n) is 16.4. The molecule has 2 aliphatic rings. The number of hydrogen-bond acceptors (Lipinski definition) is 4. The average Bonchev–Trinajstić information content (AvgIpc) is 3.53. The van der Waals surface area contributed by atoms with Crippen LogP contribution in [0.25, 0.3) is 5.52 Å². The first-order valence-corrected chi connectivity index (χ1v) is 10.4. The number of nitrogens with zero attached hydrogens (tertiary/aromatic N) is 2. The SMILES string of the molecule is O=C(NCCCCc1ccc2c(c1)OCCO2)c1nc(C2CC2)n2ccccc12. The molecule has 6 heteroatoms. The molecule has 0 atom stereocenters. The van der Waals surface area contributed by atoms with Gasteiger partial charge < -0.3 is 19.2 Å². The van der Waals surface area contributed by atoms with Crippen LogP contribution in [0.15, 0.2) is 42.6 Å². The van der Waals surface area contributed by atoms with Gasteiger partial charge in [0.1, 0.15) is 19.0 Å². The Morgan fingerprint density at radius 3 is 2.83 bits per heavy atom. The number of hydrogen-bond donors (Lipinski definition) is 1. The minimum absolute atomic E-state index is 0.0834. The molecule has 1 aromatic carbocycles. The van der Waals surface area contributed by atoms with Crippen molar-refractivity contribution < 1.29 is 14.3 Å². The van der Waals surface area contributed by atoms with Crippen LogP contribution >= 0.6 is 0 Å². The number of fused-ring (bicyclic) bond motifs is 2. The molecule has 0 bridgehead atoms. The Morgan fingerprint density at radius 1 is 1.10 bits per heavy atom. The fourth-order valence-corrected chi connectivity index (χ4v) is 3.84. The number of imidazole rings is 1. The summed E-state index contributed by atoms with van der Waals surface area (Å²) in [6.07, 6.45) is 7.19. The Hall–Kier alpha value is -3.02. The van der Waals surface area contributed by atoms with E-state index in [9.17, 15) is 4.79 Å². The first-order chi connectivity index (χ1) is 14.3. The van der Waals surface area contributed by atoms with Crippen LogP contribution in [0.2, 0.25) is 0 Å². The van der Waals surface area contributed by atoms with Gasteiger partial charge in [0.05, 0.1) is 5.52 Å². The summed E-state index contributed by atoms with van der Waals surface area (Å²) in [5.41, 5.74) is 2.66. The molecule has 0 saturated heterocycles.